The van der Waals surface area contributed by atoms with Crippen molar-refractivity contribution in [2.45, 2.75) is 0 Å². The number of hydrogen-bond acceptors (Lipinski definition) is 6. The van der Waals surface area contributed by atoms with Crippen molar-refractivity contribution in [3.8, 4) is 79.2 Å². The van der Waals surface area contributed by atoms with Gasteiger partial charge in [0.1, 0.15) is 11.2 Å². The third-order valence-electron chi connectivity index (χ3n) is 9.78. The van der Waals surface area contributed by atoms with Crippen LogP contribution in [0.4, 0.5) is 0 Å². The molecule has 0 atom stereocenters. The Morgan fingerprint density at radius 1 is 0.309 bits per heavy atom. The smallest absolute Gasteiger partial charge is 0.164 e. The fraction of sp³-hybridized carbons (Fsp3) is 0. The van der Waals surface area contributed by atoms with E-state index in [0.29, 0.717) is 23.3 Å². The van der Waals surface area contributed by atoms with Gasteiger partial charge in [-0.15, -0.1) is 0 Å². The fourth-order valence-corrected chi connectivity index (χ4v) is 7.08. The molecule has 10 aromatic rings. The van der Waals surface area contributed by atoms with Crippen LogP contribution in [0, 0.1) is 0 Å². The molecule has 6 nitrogen and oxygen atoms in total. The molecule has 0 fully saturated rings. The van der Waals surface area contributed by atoms with Crippen LogP contribution in [0.15, 0.2) is 192 Å². The molecule has 0 saturated carbocycles. The van der Waals surface area contributed by atoms with Crippen molar-refractivity contribution in [2.24, 2.45) is 0 Å². The Morgan fingerprint density at radius 3 is 1.36 bits per heavy atom. The predicted molar refractivity (Wildman–Crippen MR) is 221 cm³/mol. The molecule has 0 bridgehead atoms. The predicted octanol–water partition coefficient (Wildman–Crippen LogP) is 12.2. The molecule has 3 aromatic heterocycles. The molecular formula is C49H31N5O. The summed E-state index contributed by atoms with van der Waals surface area (Å²) in [7, 11) is 0. The average molecular weight is 706 g/mol. The van der Waals surface area contributed by atoms with Gasteiger partial charge < -0.3 is 4.42 Å². The average Bonchev–Trinajstić information content (AvgIpc) is 3.67. The molecule has 0 amide bonds. The summed E-state index contributed by atoms with van der Waals surface area (Å²) in [6, 6.07) is 63.4. The fourth-order valence-electron chi connectivity index (χ4n) is 7.08. The summed E-state index contributed by atoms with van der Waals surface area (Å²) in [4.78, 5) is 25.2. The molecule has 0 aliphatic rings. The summed E-state index contributed by atoms with van der Waals surface area (Å²) in [6.45, 7) is 0. The molecule has 258 valence electrons. The summed E-state index contributed by atoms with van der Waals surface area (Å²) in [5.41, 5.74) is 10.9. The van der Waals surface area contributed by atoms with Gasteiger partial charge in [-0.3, -0.25) is 0 Å². The van der Waals surface area contributed by atoms with Gasteiger partial charge >= 0.3 is 0 Å². The second-order valence-electron chi connectivity index (χ2n) is 13.3. The maximum atomic E-state index is 6.75. The van der Waals surface area contributed by atoms with Crippen LogP contribution in [0.3, 0.4) is 0 Å². The summed E-state index contributed by atoms with van der Waals surface area (Å²) < 4.78 is 6.75. The van der Waals surface area contributed by atoms with Crippen molar-refractivity contribution >= 4 is 21.9 Å². The number of rotatable bonds is 7. The first kappa shape index (κ1) is 32.1. The molecule has 0 radical (unpaired) electrons. The maximum Gasteiger partial charge on any atom is 0.164 e. The molecule has 0 N–H and O–H groups in total. The van der Waals surface area contributed by atoms with Gasteiger partial charge in [0.25, 0.3) is 0 Å². The SMILES string of the molecule is c1ccc(-c2ccc(-c3cc(-c4cccc5c4oc4cccc(-c6nc(-c7ccccc7)nc(-c7ccccc7)n6)c45)nc(-c4ccccc4)n3)cc2)cc1. The molecular weight excluding hydrogens is 675 g/mol. The van der Waals surface area contributed by atoms with E-state index in [2.05, 4.69) is 78.9 Å². The number of fused-ring (bicyclic) bond motifs is 3. The summed E-state index contributed by atoms with van der Waals surface area (Å²) in [6.07, 6.45) is 0. The maximum absolute atomic E-state index is 6.75. The molecule has 0 aliphatic carbocycles. The van der Waals surface area contributed by atoms with Crippen molar-refractivity contribution in [1.82, 2.24) is 24.9 Å². The highest BCUT2D eigenvalue weighted by molar-refractivity contribution is 6.14. The van der Waals surface area contributed by atoms with Gasteiger partial charge in [-0.2, -0.15) is 0 Å². The topological polar surface area (TPSA) is 77.6 Å². The number of para-hydroxylation sites is 1. The lowest BCUT2D eigenvalue weighted by Gasteiger charge is -2.10. The number of furan rings is 1. The highest BCUT2D eigenvalue weighted by atomic mass is 16.3. The van der Waals surface area contributed by atoms with Gasteiger partial charge in [0.05, 0.1) is 11.4 Å². The van der Waals surface area contributed by atoms with Gasteiger partial charge in [-0.1, -0.05) is 170 Å². The van der Waals surface area contributed by atoms with E-state index in [9.17, 15) is 0 Å². The van der Waals surface area contributed by atoms with Gasteiger partial charge in [-0.25, -0.2) is 24.9 Å². The zero-order valence-corrected chi connectivity index (χ0v) is 29.5. The minimum atomic E-state index is 0.570. The largest absolute Gasteiger partial charge is 0.455 e. The van der Waals surface area contributed by atoms with Gasteiger partial charge in [0, 0.05) is 44.2 Å². The van der Waals surface area contributed by atoms with E-state index in [1.165, 1.54) is 5.56 Å². The molecule has 0 saturated heterocycles. The normalized spacial score (nSPS) is 11.3. The van der Waals surface area contributed by atoms with Crippen LogP contribution in [-0.4, -0.2) is 24.9 Å². The van der Waals surface area contributed by atoms with E-state index in [1.54, 1.807) is 0 Å². The highest BCUT2D eigenvalue weighted by Crippen LogP contribution is 2.41. The summed E-state index contributed by atoms with van der Waals surface area (Å²) in [5, 5.41) is 1.87. The van der Waals surface area contributed by atoms with E-state index in [-0.39, 0.29) is 0 Å². The molecule has 6 heteroatoms. The van der Waals surface area contributed by atoms with Crippen molar-refractivity contribution in [3.05, 3.63) is 188 Å². The van der Waals surface area contributed by atoms with Gasteiger partial charge in [0.15, 0.2) is 23.3 Å². The van der Waals surface area contributed by atoms with Crippen LogP contribution < -0.4 is 0 Å². The van der Waals surface area contributed by atoms with Gasteiger partial charge in [-0.05, 0) is 29.3 Å². The van der Waals surface area contributed by atoms with Crippen molar-refractivity contribution in [2.75, 3.05) is 0 Å². The molecule has 3 heterocycles. The van der Waals surface area contributed by atoms with Crippen LogP contribution in [-0.2, 0) is 0 Å². The molecule has 0 unspecified atom stereocenters. The number of aromatic nitrogens is 5. The third-order valence-corrected chi connectivity index (χ3v) is 9.78. The van der Waals surface area contributed by atoms with Crippen LogP contribution in [0.1, 0.15) is 0 Å². The zero-order valence-electron chi connectivity index (χ0n) is 29.5. The Balaban J connectivity index is 1.14. The Hall–Kier alpha value is -7.57. The first-order chi connectivity index (χ1) is 27.2. The first-order valence-electron chi connectivity index (χ1n) is 18.2. The Morgan fingerprint density at radius 2 is 0.764 bits per heavy atom. The Bertz CT molecular complexity index is 2890. The van der Waals surface area contributed by atoms with Crippen LogP contribution in [0.25, 0.3) is 101 Å². The lowest BCUT2D eigenvalue weighted by atomic mass is 10.0. The van der Waals surface area contributed by atoms with Crippen LogP contribution in [0.2, 0.25) is 0 Å². The third kappa shape index (κ3) is 6.11. The van der Waals surface area contributed by atoms with E-state index < -0.39 is 0 Å². The zero-order chi connectivity index (χ0) is 36.6. The van der Waals surface area contributed by atoms with E-state index in [0.717, 1.165) is 72.3 Å². The highest BCUT2D eigenvalue weighted by Gasteiger charge is 2.21. The standard InChI is InChI=1S/C49H31N5O/c1-5-15-32(16-6-1)33-27-29-34(30-28-33)41-31-42(51-46(50-41)35-17-7-2-8-18-35)38-23-13-24-39-44-40(25-14-26-43(44)55-45(38)39)49-53-47(36-19-9-3-10-20-36)52-48(54-49)37-21-11-4-12-22-37/h1-31H. The lowest BCUT2D eigenvalue weighted by Crippen LogP contribution is -2.00. The minimum Gasteiger partial charge on any atom is -0.455 e. The van der Waals surface area contributed by atoms with E-state index >= 15 is 0 Å². The number of nitrogens with zero attached hydrogens (tertiary/aromatic N) is 5. The molecule has 0 spiro atoms. The second kappa shape index (κ2) is 13.8. The van der Waals surface area contributed by atoms with Crippen LogP contribution in [0.5, 0.6) is 0 Å². The van der Waals surface area contributed by atoms with Crippen molar-refractivity contribution in [1.29, 1.82) is 0 Å². The molecule has 55 heavy (non-hydrogen) atoms. The molecule has 0 aliphatic heterocycles. The number of benzene rings is 7. The van der Waals surface area contributed by atoms with E-state index in [1.807, 2.05) is 109 Å². The lowest BCUT2D eigenvalue weighted by molar-refractivity contribution is 0.670. The minimum absolute atomic E-state index is 0.570. The van der Waals surface area contributed by atoms with Crippen molar-refractivity contribution < 1.29 is 4.42 Å². The Labute approximate surface area is 317 Å². The van der Waals surface area contributed by atoms with Crippen LogP contribution >= 0.6 is 0 Å². The Kier molecular flexibility index (Phi) is 8.04. The molecule has 7 aromatic carbocycles. The monoisotopic (exact) mass is 705 g/mol. The first-order valence-corrected chi connectivity index (χ1v) is 18.2. The van der Waals surface area contributed by atoms with Gasteiger partial charge in [0.2, 0.25) is 0 Å². The summed E-state index contributed by atoms with van der Waals surface area (Å²) in [5.74, 6) is 2.42. The molecule has 10 rings (SSSR count). The van der Waals surface area contributed by atoms with Crippen molar-refractivity contribution in [3.63, 3.8) is 0 Å². The van der Waals surface area contributed by atoms with E-state index in [4.69, 9.17) is 29.3 Å². The summed E-state index contributed by atoms with van der Waals surface area (Å²) >= 11 is 0. The quantitative estimate of drug-likeness (QED) is 0.164. The second-order valence-corrected chi connectivity index (χ2v) is 13.3. The number of hydrogen-bond donors (Lipinski definition) is 0.